The molecule has 2 aromatic carbocycles. The van der Waals surface area contributed by atoms with Crippen LogP contribution in [0, 0.1) is 11.6 Å². The van der Waals surface area contributed by atoms with Crippen molar-refractivity contribution in [1.29, 1.82) is 0 Å². The molecule has 0 N–H and O–H groups in total. The van der Waals surface area contributed by atoms with Crippen molar-refractivity contribution in [1.82, 2.24) is 0 Å². The van der Waals surface area contributed by atoms with Gasteiger partial charge in [-0.1, -0.05) is 34.1 Å². The van der Waals surface area contributed by atoms with Crippen LogP contribution in [0.25, 0.3) is 0 Å². The minimum absolute atomic E-state index is 0.0338. The van der Waals surface area contributed by atoms with Crippen molar-refractivity contribution in [3.8, 4) is 5.75 Å². The van der Waals surface area contributed by atoms with Crippen LogP contribution in [0.1, 0.15) is 16.0 Å². The third-order valence-electron chi connectivity index (χ3n) is 2.86. The van der Waals surface area contributed by atoms with Gasteiger partial charge < -0.3 is 4.74 Å². The largest absolute Gasteiger partial charge is 0.435 e. The number of ether oxygens (including phenoxy) is 1. The molecule has 2 aromatic rings. The molecule has 1 atom stereocenters. The lowest BCUT2D eigenvalue weighted by molar-refractivity contribution is -0.0498. The predicted molar refractivity (Wildman–Crippen MR) is 74.8 cm³/mol. The fourth-order valence-electron chi connectivity index (χ4n) is 1.88. The molecule has 0 spiro atoms. The number of alkyl halides is 3. The summed E-state index contributed by atoms with van der Waals surface area (Å²) in [4.78, 5) is -0.307. The van der Waals surface area contributed by atoms with Crippen LogP contribution in [-0.4, -0.2) is 6.61 Å². The van der Waals surface area contributed by atoms with E-state index in [1.807, 2.05) is 0 Å². The van der Waals surface area contributed by atoms with Crippen molar-refractivity contribution in [3.05, 3.63) is 65.2 Å². The lowest BCUT2D eigenvalue weighted by Crippen LogP contribution is -2.03. The summed E-state index contributed by atoms with van der Waals surface area (Å²) in [5.74, 6) is -1.25. The van der Waals surface area contributed by atoms with Crippen LogP contribution in [0.5, 0.6) is 5.75 Å². The normalized spacial score (nSPS) is 12.5. The standard InChI is InChI=1S/C15H11BrF4O/c16-13(7-10-4-5-11(17)8-14(10)18)9-2-1-3-12(6-9)21-15(19)20/h1-6,8,13,15H,7H2. The second kappa shape index (κ2) is 6.93. The third kappa shape index (κ3) is 4.46. The van der Waals surface area contributed by atoms with Crippen molar-refractivity contribution < 1.29 is 22.3 Å². The van der Waals surface area contributed by atoms with Crippen LogP contribution in [0.4, 0.5) is 17.6 Å². The van der Waals surface area contributed by atoms with E-state index in [0.717, 1.165) is 6.07 Å². The minimum atomic E-state index is -2.90. The second-order valence-electron chi connectivity index (χ2n) is 4.36. The summed E-state index contributed by atoms with van der Waals surface area (Å²) in [6.07, 6.45) is 0.254. The number of hydrogen-bond acceptors (Lipinski definition) is 1. The van der Waals surface area contributed by atoms with Crippen LogP contribution >= 0.6 is 15.9 Å². The Kier molecular flexibility index (Phi) is 5.22. The first-order valence-electron chi connectivity index (χ1n) is 6.08. The molecule has 0 aliphatic carbocycles. The monoisotopic (exact) mass is 362 g/mol. The molecule has 0 bridgehead atoms. The van der Waals surface area contributed by atoms with Gasteiger partial charge >= 0.3 is 6.61 Å². The fraction of sp³-hybridized carbons (Fsp3) is 0.200. The van der Waals surface area contributed by atoms with Gasteiger partial charge in [0.1, 0.15) is 17.4 Å². The Labute approximate surface area is 127 Å². The molecule has 0 aliphatic heterocycles. The second-order valence-corrected chi connectivity index (χ2v) is 5.46. The molecule has 112 valence electrons. The summed E-state index contributed by atoms with van der Waals surface area (Å²) >= 11 is 3.37. The molecule has 0 heterocycles. The van der Waals surface area contributed by atoms with E-state index in [4.69, 9.17) is 0 Å². The molecule has 1 unspecified atom stereocenters. The van der Waals surface area contributed by atoms with Crippen LogP contribution in [0.15, 0.2) is 42.5 Å². The lowest BCUT2D eigenvalue weighted by Gasteiger charge is -2.13. The zero-order chi connectivity index (χ0) is 15.4. The van der Waals surface area contributed by atoms with E-state index < -0.39 is 18.2 Å². The van der Waals surface area contributed by atoms with E-state index in [2.05, 4.69) is 20.7 Å². The summed E-state index contributed by atoms with van der Waals surface area (Å²) in [5.41, 5.74) is 0.996. The Bertz CT molecular complexity index is 618. The SMILES string of the molecule is Fc1ccc(CC(Br)c2cccc(OC(F)F)c2)c(F)c1. The highest BCUT2D eigenvalue weighted by Crippen LogP contribution is 2.30. The first-order valence-corrected chi connectivity index (χ1v) is 7.00. The topological polar surface area (TPSA) is 9.23 Å². The van der Waals surface area contributed by atoms with Crippen molar-refractivity contribution >= 4 is 15.9 Å². The Hall–Kier alpha value is -1.56. The number of benzene rings is 2. The third-order valence-corrected chi connectivity index (χ3v) is 3.71. The van der Waals surface area contributed by atoms with Gasteiger partial charge in [-0.05, 0) is 35.7 Å². The summed E-state index contributed by atoms with van der Waals surface area (Å²) in [7, 11) is 0. The molecule has 0 radical (unpaired) electrons. The maximum Gasteiger partial charge on any atom is 0.387 e. The van der Waals surface area contributed by atoms with Crippen molar-refractivity contribution in [3.63, 3.8) is 0 Å². The summed E-state index contributed by atoms with van der Waals surface area (Å²) in [5, 5.41) is 0. The Balaban J connectivity index is 2.14. The van der Waals surface area contributed by atoms with E-state index in [-0.39, 0.29) is 17.0 Å². The molecular weight excluding hydrogens is 352 g/mol. The first-order chi connectivity index (χ1) is 9.95. The molecular formula is C15H11BrF4O. The highest BCUT2D eigenvalue weighted by Gasteiger charge is 2.14. The van der Waals surface area contributed by atoms with Crippen molar-refractivity contribution in [2.75, 3.05) is 0 Å². The van der Waals surface area contributed by atoms with Gasteiger partial charge in [-0.3, -0.25) is 0 Å². The van der Waals surface area contributed by atoms with Crippen molar-refractivity contribution in [2.45, 2.75) is 17.9 Å². The average Bonchev–Trinajstić information content (AvgIpc) is 2.41. The van der Waals surface area contributed by atoms with Gasteiger partial charge in [0.05, 0.1) is 0 Å². The van der Waals surface area contributed by atoms with Gasteiger partial charge in [0.2, 0.25) is 0 Å². The van der Waals surface area contributed by atoms with E-state index >= 15 is 0 Å². The van der Waals surface area contributed by atoms with Crippen LogP contribution in [0.3, 0.4) is 0 Å². The van der Waals surface area contributed by atoms with Gasteiger partial charge in [0.15, 0.2) is 0 Å². The average molecular weight is 363 g/mol. The van der Waals surface area contributed by atoms with E-state index in [1.165, 1.54) is 24.3 Å². The fourth-order valence-corrected chi connectivity index (χ4v) is 2.52. The molecule has 0 amide bonds. The van der Waals surface area contributed by atoms with Gasteiger partial charge in [0, 0.05) is 10.9 Å². The molecule has 6 heteroatoms. The zero-order valence-electron chi connectivity index (χ0n) is 10.7. The predicted octanol–water partition coefficient (Wildman–Crippen LogP) is 5.24. The van der Waals surface area contributed by atoms with Gasteiger partial charge in [-0.15, -0.1) is 0 Å². The van der Waals surface area contributed by atoms with Crippen LogP contribution < -0.4 is 4.74 Å². The van der Waals surface area contributed by atoms with Crippen LogP contribution in [0.2, 0.25) is 0 Å². The smallest absolute Gasteiger partial charge is 0.387 e. The molecule has 2 rings (SSSR count). The van der Waals surface area contributed by atoms with Gasteiger partial charge in [0.25, 0.3) is 0 Å². The quantitative estimate of drug-likeness (QED) is 0.521. The zero-order valence-corrected chi connectivity index (χ0v) is 12.3. The van der Waals surface area contributed by atoms with Crippen LogP contribution in [-0.2, 0) is 6.42 Å². The molecule has 0 saturated carbocycles. The first kappa shape index (κ1) is 15.8. The van der Waals surface area contributed by atoms with Gasteiger partial charge in [-0.2, -0.15) is 8.78 Å². The minimum Gasteiger partial charge on any atom is -0.435 e. The van der Waals surface area contributed by atoms with E-state index in [1.54, 1.807) is 12.1 Å². The number of rotatable bonds is 5. The summed E-state index contributed by atoms with van der Waals surface area (Å²) in [6.45, 7) is -2.90. The maximum absolute atomic E-state index is 13.6. The Morgan fingerprint density at radius 3 is 2.48 bits per heavy atom. The van der Waals surface area contributed by atoms with E-state index in [9.17, 15) is 17.6 Å². The number of halogens is 5. The Morgan fingerprint density at radius 1 is 1.05 bits per heavy atom. The van der Waals surface area contributed by atoms with Crippen molar-refractivity contribution in [2.24, 2.45) is 0 Å². The molecule has 0 aromatic heterocycles. The maximum atomic E-state index is 13.6. The molecule has 1 nitrogen and oxygen atoms in total. The summed E-state index contributed by atoms with van der Waals surface area (Å²) in [6, 6.07) is 9.49. The molecule has 0 fully saturated rings. The highest BCUT2D eigenvalue weighted by atomic mass is 79.9. The Morgan fingerprint density at radius 2 is 1.81 bits per heavy atom. The molecule has 0 saturated heterocycles. The molecule has 21 heavy (non-hydrogen) atoms. The highest BCUT2D eigenvalue weighted by molar-refractivity contribution is 9.09. The lowest BCUT2D eigenvalue weighted by atomic mass is 10.0. The molecule has 0 aliphatic rings. The van der Waals surface area contributed by atoms with E-state index in [0.29, 0.717) is 11.1 Å². The summed E-state index contributed by atoms with van der Waals surface area (Å²) < 4.78 is 55.1. The number of hydrogen-bond donors (Lipinski definition) is 0. The van der Waals surface area contributed by atoms with Gasteiger partial charge in [-0.25, -0.2) is 8.78 Å².